The zero-order chi connectivity index (χ0) is 31.0. The highest BCUT2D eigenvalue weighted by atomic mass is 19.4. The Bertz CT molecular complexity index is 1500. The zero-order valence-electron chi connectivity index (χ0n) is 22.7. The average Bonchev–Trinajstić information content (AvgIpc) is 3.25. The number of rotatable bonds is 6. The van der Waals surface area contributed by atoms with Gasteiger partial charge in [0.1, 0.15) is 11.4 Å². The van der Waals surface area contributed by atoms with Gasteiger partial charge in [-0.15, -0.1) is 0 Å². The molecular formula is C27H26F7N5O3. The van der Waals surface area contributed by atoms with Gasteiger partial charge in [0, 0.05) is 37.8 Å². The number of ether oxygens (including phenoxy) is 1. The lowest BCUT2D eigenvalue weighted by molar-refractivity contribution is -0.148. The van der Waals surface area contributed by atoms with Gasteiger partial charge in [-0.3, -0.25) is 4.79 Å². The molecule has 0 saturated carbocycles. The topological polar surface area (TPSA) is 89.4 Å². The van der Waals surface area contributed by atoms with E-state index in [1.165, 1.54) is 17.0 Å². The molecule has 2 aromatic heterocycles. The Morgan fingerprint density at radius 1 is 1.05 bits per heavy atom. The third-order valence-corrected chi connectivity index (χ3v) is 6.32. The van der Waals surface area contributed by atoms with E-state index >= 15 is 0 Å². The highest BCUT2D eigenvalue weighted by molar-refractivity contribution is 5.78. The number of carbonyl (C=O) groups excluding carboxylic acids is 2. The van der Waals surface area contributed by atoms with Crippen LogP contribution in [0.4, 0.5) is 35.5 Å². The summed E-state index contributed by atoms with van der Waals surface area (Å²) in [6.45, 7) is 3.82. The van der Waals surface area contributed by atoms with Gasteiger partial charge in [-0.1, -0.05) is 0 Å². The van der Waals surface area contributed by atoms with Gasteiger partial charge in [-0.25, -0.2) is 27.9 Å². The van der Waals surface area contributed by atoms with Gasteiger partial charge in [0.05, 0.1) is 23.5 Å². The molecule has 0 saturated heterocycles. The van der Waals surface area contributed by atoms with E-state index in [1.54, 1.807) is 20.8 Å². The van der Waals surface area contributed by atoms with Gasteiger partial charge in [0.2, 0.25) is 17.7 Å². The third-order valence-electron chi connectivity index (χ3n) is 6.32. The van der Waals surface area contributed by atoms with Crippen LogP contribution >= 0.6 is 0 Å². The predicted octanol–water partition coefficient (Wildman–Crippen LogP) is 5.39. The van der Waals surface area contributed by atoms with Crippen molar-refractivity contribution in [3.63, 3.8) is 0 Å². The Hall–Kier alpha value is -4.17. The molecule has 42 heavy (non-hydrogen) atoms. The maximum Gasteiger partial charge on any atom is 0.449 e. The molecule has 8 nitrogen and oxygen atoms in total. The van der Waals surface area contributed by atoms with Crippen molar-refractivity contribution >= 4 is 12.0 Å². The van der Waals surface area contributed by atoms with E-state index < -0.39 is 78.4 Å². The molecule has 226 valence electrons. The fourth-order valence-corrected chi connectivity index (χ4v) is 4.55. The Labute approximate surface area is 235 Å². The summed E-state index contributed by atoms with van der Waals surface area (Å²) in [7, 11) is 0. The molecule has 1 aliphatic heterocycles. The standard InChI is InChI=1S/C27H26F7N5O3/c1-26(2,3)42-25(41)36-15(9-14-10-18(29)19(30)12-17(14)28)11-21(40)38-7-8-39-20(13-38)22(37-24(39)27(32,33)34)16-5-4-6-35-23(16)31/h4-6,10,12,15H,7-9,11,13H2,1-3H3,(H,36,41)/t15-/m1/s1. The van der Waals surface area contributed by atoms with Crippen molar-refractivity contribution in [2.45, 2.75) is 64.5 Å². The summed E-state index contributed by atoms with van der Waals surface area (Å²) in [6, 6.07) is 2.29. The first-order chi connectivity index (χ1) is 19.5. The Morgan fingerprint density at radius 3 is 2.38 bits per heavy atom. The van der Waals surface area contributed by atoms with Crippen LogP contribution in [0.5, 0.6) is 0 Å². The van der Waals surface area contributed by atoms with E-state index in [2.05, 4.69) is 15.3 Å². The van der Waals surface area contributed by atoms with Crippen LogP contribution in [0.15, 0.2) is 30.5 Å². The zero-order valence-corrected chi connectivity index (χ0v) is 22.7. The quantitative estimate of drug-likeness (QED) is 0.233. The van der Waals surface area contributed by atoms with Crippen LogP contribution in [0.1, 0.15) is 44.3 Å². The van der Waals surface area contributed by atoms with E-state index in [4.69, 9.17) is 4.74 Å². The molecule has 3 aromatic rings. The number of nitrogens with one attached hydrogen (secondary N) is 1. The SMILES string of the molecule is CC(C)(C)OC(=O)N[C@@H](CC(=O)N1CCn2c(C(F)(F)F)nc(-c3cccnc3F)c2C1)Cc1cc(F)c(F)cc1F. The molecule has 15 heteroatoms. The fraction of sp³-hybridized carbons (Fsp3) is 0.407. The first-order valence-electron chi connectivity index (χ1n) is 12.7. The Morgan fingerprint density at radius 2 is 1.74 bits per heavy atom. The lowest BCUT2D eigenvalue weighted by Gasteiger charge is -2.31. The van der Waals surface area contributed by atoms with E-state index in [1.807, 2.05) is 0 Å². The van der Waals surface area contributed by atoms with E-state index in [-0.39, 0.29) is 35.6 Å². The van der Waals surface area contributed by atoms with E-state index in [0.29, 0.717) is 12.1 Å². The number of alkyl halides is 3. The number of amides is 2. The summed E-state index contributed by atoms with van der Waals surface area (Å²) in [5.41, 5.74) is -1.98. The van der Waals surface area contributed by atoms with Gasteiger partial charge in [-0.05, 0) is 51.0 Å². The number of aromatic nitrogens is 3. The number of imidazole rings is 1. The van der Waals surface area contributed by atoms with Gasteiger partial charge >= 0.3 is 12.3 Å². The number of benzene rings is 1. The van der Waals surface area contributed by atoms with E-state index in [9.17, 15) is 40.3 Å². The van der Waals surface area contributed by atoms with Crippen molar-refractivity contribution < 1.29 is 45.1 Å². The van der Waals surface area contributed by atoms with Crippen molar-refractivity contribution in [2.24, 2.45) is 0 Å². The van der Waals surface area contributed by atoms with Crippen LogP contribution in [0.25, 0.3) is 11.3 Å². The molecular weight excluding hydrogens is 575 g/mol. The molecule has 1 atom stereocenters. The number of pyridine rings is 1. The number of nitrogens with zero attached hydrogens (tertiary/aromatic N) is 4. The maximum absolute atomic E-state index is 14.5. The molecule has 0 fully saturated rings. The number of fused-ring (bicyclic) bond motifs is 1. The second-order valence-electron chi connectivity index (χ2n) is 10.6. The van der Waals surface area contributed by atoms with Crippen LogP contribution in [0, 0.1) is 23.4 Å². The van der Waals surface area contributed by atoms with Crippen LogP contribution in [0.3, 0.4) is 0 Å². The molecule has 2 amide bonds. The van der Waals surface area contributed by atoms with Crippen LogP contribution < -0.4 is 5.32 Å². The number of hydrogen-bond acceptors (Lipinski definition) is 5. The van der Waals surface area contributed by atoms with Gasteiger partial charge in [0.15, 0.2) is 11.6 Å². The second-order valence-corrected chi connectivity index (χ2v) is 10.6. The van der Waals surface area contributed by atoms with Crippen molar-refractivity contribution in [2.75, 3.05) is 6.54 Å². The first kappa shape index (κ1) is 30.8. The van der Waals surface area contributed by atoms with E-state index in [0.717, 1.165) is 10.8 Å². The van der Waals surface area contributed by atoms with Crippen molar-refractivity contribution in [3.05, 3.63) is 70.9 Å². The Kier molecular flexibility index (Phi) is 8.51. The van der Waals surface area contributed by atoms with Gasteiger partial charge in [-0.2, -0.15) is 17.6 Å². The fourth-order valence-electron chi connectivity index (χ4n) is 4.55. The molecule has 1 aromatic carbocycles. The van der Waals surface area contributed by atoms with Gasteiger partial charge in [0.25, 0.3) is 0 Å². The highest BCUT2D eigenvalue weighted by Gasteiger charge is 2.41. The molecule has 0 bridgehead atoms. The molecule has 0 radical (unpaired) electrons. The van der Waals surface area contributed by atoms with Crippen LogP contribution in [0.2, 0.25) is 0 Å². The largest absolute Gasteiger partial charge is 0.449 e. The number of hydrogen-bond donors (Lipinski definition) is 1. The Balaban J connectivity index is 1.62. The minimum absolute atomic E-state index is 0.0860. The number of alkyl carbamates (subject to hydrolysis) is 1. The third kappa shape index (κ3) is 6.99. The monoisotopic (exact) mass is 601 g/mol. The van der Waals surface area contributed by atoms with Crippen molar-refractivity contribution in [1.29, 1.82) is 0 Å². The second kappa shape index (κ2) is 11.6. The summed E-state index contributed by atoms with van der Waals surface area (Å²) in [4.78, 5) is 34.1. The lowest BCUT2D eigenvalue weighted by Crippen LogP contribution is -2.45. The number of carbonyl (C=O) groups is 2. The summed E-state index contributed by atoms with van der Waals surface area (Å²) in [6.07, 6.45) is -5.66. The molecule has 3 heterocycles. The van der Waals surface area contributed by atoms with Crippen LogP contribution in [-0.2, 0) is 35.2 Å². The molecule has 0 aliphatic carbocycles. The number of halogens is 7. The summed E-state index contributed by atoms with van der Waals surface area (Å²) in [5.74, 6) is -6.85. The normalized spacial score (nSPS) is 14.4. The minimum atomic E-state index is -4.87. The van der Waals surface area contributed by atoms with Crippen molar-refractivity contribution in [3.8, 4) is 11.3 Å². The summed E-state index contributed by atoms with van der Waals surface area (Å²) in [5, 5.41) is 2.43. The summed E-state index contributed by atoms with van der Waals surface area (Å²) < 4.78 is 103. The first-order valence-corrected chi connectivity index (χ1v) is 12.7. The molecule has 0 spiro atoms. The smallest absolute Gasteiger partial charge is 0.444 e. The average molecular weight is 602 g/mol. The minimum Gasteiger partial charge on any atom is -0.444 e. The molecule has 1 N–H and O–H groups in total. The molecule has 4 rings (SSSR count). The molecule has 0 unspecified atom stereocenters. The lowest BCUT2D eigenvalue weighted by atomic mass is 10.0. The maximum atomic E-state index is 14.5. The summed E-state index contributed by atoms with van der Waals surface area (Å²) >= 11 is 0. The van der Waals surface area contributed by atoms with Crippen LogP contribution in [-0.4, -0.2) is 49.6 Å². The van der Waals surface area contributed by atoms with Crippen molar-refractivity contribution in [1.82, 2.24) is 24.8 Å². The molecule has 1 aliphatic rings. The predicted molar refractivity (Wildman–Crippen MR) is 134 cm³/mol. The highest BCUT2D eigenvalue weighted by Crippen LogP contribution is 2.36. The van der Waals surface area contributed by atoms with Gasteiger partial charge < -0.3 is 19.5 Å².